The molecule has 0 aliphatic rings. The fourth-order valence-electron chi connectivity index (χ4n) is 2.56. The second kappa shape index (κ2) is 9.76. The first-order chi connectivity index (χ1) is 14.2. The van der Waals surface area contributed by atoms with Gasteiger partial charge in [-0.2, -0.15) is 5.26 Å². The summed E-state index contributed by atoms with van der Waals surface area (Å²) in [6.45, 7) is 0.672. The average molecular weight is 388 g/mol. The maximum atomic E-state index is 12.3. The zero-order valence-electron chi connectivity index (χ0n) is 15.9. The predicted octanol–water partition coefficient (Wildman–Crippen LogP) is 3.51. The molecule has 1 aromatic heterocycles. The van der Waals surface area contributed by atoms with Gasteiger partial charge in [0.1, 0.15) is 23.8 Å². The van der Waals surface area contributed by atoms with Gasteiger partial charge in [0.05, 0.1) is 25.3 Å². The number of aromatic nitrogens is 1. The van der Waals surface area contributed by atoms with Gasteiger partial charge in [-0.15, -0.1) is 0 Å². The van der Waals surface area contributed by atoms with Gasteiger partial charge < -0.3 is 20.1 Å². The van der Waals surface area contributed by atoms with Crippen LogP contribution in [-0.2, 0) is 0 Å². The van der Waals surface area contributed by atoms with E-state index in [1.54, 1.807) is 55.8 Å². The van der Waals surface area contributed by atoms with Crippen molar-refractivity contribution >= 4 is 17.3 Å². The summed E-state index contributed by atoms with van der Waals surface area (Å²) < 4.78 is 10.7. The van der Waals surface area contributed by atoms with Crippen LogP contribution in [0, 0.1) is 11.3 Å². The zero-order chi connectivity index (χ0) is 20.5. The molecule has 1 heterocycles. The van der Waals surface area contributed by atoms with Crippen LogP contribution in [0.25, 0.3) is 0 Å². The summed E-state index contributed by atoms with van der Waals surface area (Å²) in [6.07, 6.45) is 1.55. The molecule has 0 atom stereocenters. The monoisotopic (exact) mass is 388 g/mol. The third kappa shape index (κ3) is 5.71. The molecular weight excluding hydrogens is 368 g/mol. The molecule has 0 radical (unpaired) electrons. The Labute approximate surface area is 168 Å². The Morgan fingerprint density at radius 3 is 2.59 bits per heavy atom. The maximum Gasteiger partial charge on any atom is 0.270 e. The first-order valence-electron chi connectivity index (χ1n) is 8.96. The molecule has 0 bridgehead atoms. The quantitative estimate of drug-likeness (QED) is 0.573. The van der Waals surface area contributed by atoms with Crippen molar-refractivity contribution in [1.82, 2.24) is 10.3 Å². The Morgan fingerprint density at radius 2 is 1.83 bits per heavy atom. The van der Waals surface area contributed by atoms with Crippen LogP contribution < -0.4 is 20.1 Å². The minimum Gasteiger partial charge on any atom is -0.497 e. The fourth-order valence-corrected chi connectivity index (χ4v) is 2.56. The smallest absolute Gasteiger partial charge is 0.270 e. The number of nitrogens with one attached hydrogen (secondary N) is 2. The largest absolute Gasteiger partial charge is 0.497 e. The number of benzene rings is 2. The summed E-state index contributed by atoms with van der Waals surface area (Å²) in [5.74, 6) is 1.16. The minimum absolute atomic E-state index is 0.288. The summed E-state index contributed by atoms with van der Waals surface area (Å²) in [5.41, 5.74) is 2.30. The van der Waals surface area contributed by atoms with Crippen molar-refractivity contribution in [1.29, 1.82) is 5.26 Å². The number of carbonyl (C=O) groups excluding carboxylic acids is 1. The number of amides is 1. The summed E-state index contributed by atoms with van der Waals surface area (Å²) in [7, 11) is 1.60. The molecule has 3 aromatic rings. The Bertz CT molecular complexity index is 1010. The third-order valence-electron chi connectivity index (χ3n) is 3.99. The molecule has 2 aromatic carbocycles. The Morgan fingerprint density at radius 1 is 1.07 bits per heavy atom. The van der Waals surface area contributed by atoms with Crippen LogP contribution in [0.4, 0.5) is 11.4 Å². The van der Waals surface area contributed by atoms with Crippen LogP contribution in [0.2, 0.25) is 0 Å². The van der Waals surface area contributed by atoms with E-state index in [0.717, 1.165) is 11.4 Å². The van der Waals surface area contributed by atoms with Gasteiger partial charge in [0.25, 0.3) is 5.91 Å². The highest BCUT2D eigenvalue weighted by molar-refractivity contribution is 5.93. The third-order valence-corrected chi connectivity index (χ3v) is 3.99. The summed E-state index contributed by atoms with van der Waals surface area (Å²) in [4.78, 5) is 16.4. The molecule has 0 fully saturated rings. The van der Waals surface area contributed by atoms with Crippen molar-refractivity contribution < 1.29 is 14.3 Å². The van der Waals surface area contributed by atoms with Crippen LogP contribution in [-0.4, -0.2) is 31.2 Å². The van der Waals surface area contributed by atoms with Crippen molar-refractivity contribution in [3.63, 3.8) is 0 Å². The topological polar surface area (TPSA) is 96.3 Å². The van der Waals surface area contributed by atoms with Gasteiger partial charge in [-0.3, -0.25) is 9.78 Å². The van der Waals surface area contributed by atoms with Crippen LogP contribution in [0.15, 0.2) is 66.9 Å². The first kappa shape index (κ1) is 19.7. The van der Waals surface area contributed by atoms with E-state index in [1.165, 1.54) is 0 Å². The molecule has 146 valence electrons. The SMILES string of the molecule is COc1ccc(OCCNC(=O)c2cc(Nc3cccc(C#N)c3)ccn2)cc1. The second-order valence-corrected chi connectivity index (χ2v) is 6.03. The van der Waals surface area contributed by atoms with E-state index in [9.17, 15) is 4.79 Å². The molecule has 1 amide bonds. The van der Waals surface area contributed by atoms with Crippen LogP contribution in [0.5, 0.6) is 11.5 Å². The fraction of sp³-hybridized carbons (Fsp3) is 0.136. The molecule has 7 heteroatoms. The zero-order valence-corrected chi connectivity index (χ0v) is 15.9. The van der Waals surface area contributed by atoms with Crippen LogP contribution >= 0.6 is 0 Å². The molecule has 7 nitrogen and oxygen atoms in total. The van der Waals surface area contributed by atoms with Crippen molar-refractivity contribution in [3.8, 4) is 17.6 Å². The van der Waals surface area contributed by atoms with Crippen molar-refractivity contribution in [3.05, 3.63) is 78.1 Å². The van der Waals surface area contributed by atoms with Crippen LogP contribution in [0.1, 0.15) is 16.1 Å². The molecule has 0 aliphatic heterocycles. The molecule has 3 rings (SSSR count). The number of pyridine rings is 1. The average Bonchev–Trinajstić information content (AvgIpc) is 2.77. The number of methoxy groups -OCH3 is 1. The molecule has 0 unspecified atom stereocenters. The number of carbonyl (C=O) groups is 1. The molecule has 2 N–H and O–H groups in total. The van der Waals surface area contributed by atoms with Crippen molar-refractivity contribution in [2.75, 3.05) is 25.6 Å². The molecule has 0 aliphatic carbocycles. The Kier molecular flexibility index (Phi) is 6.63. The van der Waals surface area contributed by atoms with E-state index in [2.05, 4.69) is 21.7 Å². The number of hydrogen-bond acceptors (Lipinski definition) is 6. The lowest BCUT2D eigenvalue weighted by Gasteiger charge is -2.10. The summed E-state index contributed by atoms with van der Waals surface area (Å²) in [6, 6.07) is 19.8. The number of hydrogen-bond donors (Lipinski definition) is 2. The van der Waals surface area contributed by atoms with E-state index < -0.39 is 0 Å². The van der Waals surface area contributed by atoms with Gasteiger partial charge in [-0.1, -0.05) is 6.07 Å². The molecule has 0 saturated carbocycles. The predicted molar refractivity (Wildman–Crippen MR) is 109 cm³/mol. The number of nitriles is 1. The molecule has 0 saturated heterocycles. The molecule has 29 heavy (non-hydrogen) atoms. The number of ether oxygens (including phenoxy) is 2. The Hall–Kier alpha value is -4.05. The lowest BCUT2D eigenvalue weighted by molar-refractivity contribution is 0.0942. The van der Waals surface area contributed by atoms with E-state index >= 15 is 0 Å². The van der Waals surface area contributed by atoms with Gasteiger partial charge >= 0.3 is 0 Å². The lowest BCUT2D eigenvalue weighted by atomic mass is 10.2. The van der Waals surface area contributed by atoms with Crippen molar-refractivity contribution in [2.24, 2.45) is 0 Å². The van der Waals surface area contributed by atoms with Gasteiger partial charge in [-0.05, 0) is 54.6 Å². The van der Waals surface area contributed by atoms with Crippen LogP contribution in [0.3, 0.4) is 0 Å². The molecule has 0 spiro atoms. The normalized spacial score (nSPS) is 9.93. The van der Waals surface area contributed by atoms with Gasteiger partial charge in [-0.25, -0.2) is 0 Å². The van der Waals surface area contributed by atoms with E-state index in [1.807, 2.05) is 18.2 Å². The maximum absolute atomic E-state index is 12.3. The standard InChI is InChI=1S/C22H20N4O3/c1-28-19-5-7-20(8-6-19)29-12-11-25-22(27)21-14-18(9-10-24-21)26-17-4-2-3-16(13-17)15-23/h2-10,13-14H,11-12H2,1H3,(H,24,26)(H,25,27). The first-order valence-corrected chi connectivity index (χ1v) is 8.96. The van der Waals surface area contributed by atoms with Gasteiger partial charge in [0.2, 0.25) is 0 Å². The Balaban J connectivity index is 1.51. The van der Waals surface area contributed by atoms with E-state index in [0.29, 0.717) is 30.2 Å². The summed E-state index contributed by atoms with van der Waals surface area (Å²) in [5, 5.41) is 14.9. The number of anilines is 2. The molecular formula is C22H20N4O3. The van der Waals surface area contributed by atoms with Crippen molar-refractivity contribution in [2.45, 2.75) is 0 Å². The second-order valence-electron chi connectivity index (χ2n) is 6.03. The number of nitrogens with zero attached hydrogens (tertiary/aromatic N) is 2. The highest BCUT2D eigenvalue weighted by atomic mass is 16.5. The summed E-state index contributed by atoms with van der Waals surface area (Å²) >= 11 is 0. The highest BCUT2D eigenvalue weighted by Gasteiger charge is 2.08. The highest BCUT2D eigenvalue weighted by Crippen LogP contribution is 2.18. The lowest BCUT2D eigenvalue weighted by Crippen LogP contribution is -2.28. The van der Waals surface area contributed by atoms with E-state index in [-0.39, 0.29) is 11.6 Å². The van der Waals surface area contributed by atoms with Gasteiger partial charge in [0.15, 0.2) is 0 Å². The number of rotatable bonds is 8. The minimum atomic E-state index is -0.294. The van der Waals surface area contributed by atoms with E-state index in [4.69, 9.17) is 14.7 Å². The van der Waals surface area contributed by atoms with Gasteiger partial charge in [0, 0.05) is 17.6 Å².